The van der Waals surface area contributed by atoms with Gasteiger partial charge in [-0.1, -0.05) is 0 Å². The van der Waals surface area contributed by atoms with Crippen LogP contribution in [0.1, 0.15) is 12.5 Å². The number of hydrogen-bond donors (Lipinski definition) is 1. The summed E-state index contributed by atoms with van der Waals surface area (Å²) in [6.45, 7) is 4.17. The van der Waals surface area contributed by atoms with Crippen molar-refractivity contribution < 1.29 is 18.0 Å². The molecule has 0 radical (unpaired) electrons. The van der Waals surface area contributed by atoms with Crippen LogP contribution in [0.5, 0.6) is 0 Å². The molecule has 1 fully saturated rings. The number of primary amides is 1. The van der Waals surface area contributed by atoms with Gasteiger partial charge in [0.1, 0.15) is 5.82 Å². The quantitative estimate of drug-likeness (QED) is 0.908. The predicted octanol–water partition coefficient (Wildman–Crippen LogP) is 1.10. The van der Waals surface area contributed by atoms with Crippen LogP contribution in [0.15, 0.2) is 18.3 Å². The van der Waals surface area contributed by atoms with Gasteiger partial charge in [0.25, 0.3) is 0 Å². The number of piperazine rings is 1. The number of carbonyl (C=O) groups excluding carboxylic acids is 1. The summed E-state index contributed by atoms with van der Waals surface area (Å²) in [5.74, 6) is 0.130. The Morgan fingerprint density at radius 3 is 2.33 bits per heavy atom. The van der Waals surface area contributed by atoms with Gasteiger partial charge in [-0.15, -0.1) is 0 Å². The highest BCUT2D eigenvalue weighted by Gasteiger charge is 2.31. The largest absolute Gasteiger partial charge is 0.417 e. The molecule has 1 aliphatic rings. The molecule has 1 amide bonds. The first-order chi connectivity index (χ1) is 9.79. The van der Waals surface area contributed by atoms with Gasteiger partial charge >= 0.3 is 6.18 Å². The highest BCUT2D eigenvalue weighted by molar-refractivity contribution is 5.79. The van der Waals surface area contributed by atoms with Crippen LogP contribution >= 0.6 is 0 Å². The third kappa shape index (κ3) is 3.63. The number of alkyl halides is 3. The molecule has 1 saturated heterocycles. The number of nitrogens with two attached hydrogens (primary N) is 1. The maximum atomic E-state index is 12.5. The maximum Gasteiger partial charge on any atom is 0.417 e. The van der Waals surface area contributed by atoms with Crippen LogP contribution in [-0.4, -0.2) is 48.0 Å². The molecule has 1 aromatic heterocycles. The van der Waals surface area contributed by atoms with E-state index in [1.807, 2.05) is 9.80 Å². The number of amides is 1. The van der Waals surface area contributed by atoms with E-state index >= 15 is 0 Å². The maximum absolute atomic E-state index is 12.5. The van der Waals surface area contributed by atoms with Crippen LogP contribution < -0.4 is 10.6 Å². The fourth-order valence-electron chi connectivity index (χ4n) is 2.26. The smallest absolute Gasteiger partial charge is 0.368 e. The Bertz CT molecular complexity index is 495. The van der Waals surface area contributed by atoms with Crippen LogP contribution in [-0.2, 0) is 11.0 Å². The Hall–Kier alpha value is -1.83. The third-order valence-electron chi connectivity index (χ3n) is 3.67. The molecule has 116 valence electrons. The minimum absolute atomic E-state index is 0.340. The monoisotopic (exact) mass is 302 g/mol. The second kappa shape index (κ2) is 5.88. The van der Waals surface area contributed by atoms with Gasteiger partial charge in [0, 0.05) is 32.4 Å². The fourth-order valence-corrected chi connectivity index (χ4v) is 2.26. The minimum Gasteiger partial charge on any atom is -0.368 e. The lowest BCUT2D eigenvalue weighted by atomic mass is 10.2. The second-order valence-corrected chi connectivity index (χ2v) is 5.00. The van der Waals surface area contributed by atoms with Gasteiger partial charge in [0.2, 0.25) is 5.91 Å². The standard InChI is InChI=1S/C13H17F3N4O/c1-9(12(17)21)19-4-6-20(7-5-19)11-3-2-10(8-18-11)13(14,15)16/h2-3,8-9H,4-7H2,1H3,(H2,17,21). The molecule has 8 heteroatoms. The van der Waals surface area contributed by atoms with Crippen molar-refractivity contribution in [2.45, 2.75) is 19.1 Å². The molecule has 0 aromatic carbocycles. The summed E-state index contributed by atoms with van der Waals surface area (Å²) >= 11 is 0. The van der Waals surface area contributed by atoms with Crippen molar-refractivity contribution >= 4 is 11.7 Å². The van der Waals surface area contributed by atoms with Crippen LogP contribution in [0.3, 0.4) is 0 Å². The zero-order chi connectivity index (χ0) is 15.6. The Labute approximate surface area is 120 Å². The Kier molecular flexibility index (Phi) is 4.36. The van der Waals surface area contributed by atoms with Gasteiger partial charge in [-0.2, -0.15) is 13.2 Å². The van der Waals surface area contributed by atoms with E-state index in [9.17, 15) is 18.0 Å². The Balaban J connectivity index is 1.98. The highest BCUT2D eigenvalue weighted by atomic mass is 19.4. The lowest BCUT2D eigenvalue weighted by molar-refractivity contribution is -0.137. The van der Waals surface area contributed by atoms with Crippen molar-refractivity contribution in [3.8, 4) is 0 Å². The third-order valence-corrected chi connectivity index (χ3v) is 3.67. The molecule has 1 aliphatic heterocycles. The molecule has 0 spiro atoms. The van der Waals surface area contributed by atoms with E-state index in [2.05, 4.69) is 4.98 Å². The first kappa shape index (κ1) is 15.6. The predicted molar refractivity (Wildman–Crippen MR) is 71.7 cm³/mol. The van der Waals surface area contributed by atoms with Crippen molar-refractivity contribution in [2.75, 3.05) is 31.1 Å². The van der Waals surface area contributed by atoms with Gasteiger partial charge in [0.15, 0.2) is 0 Å². The second-order valence-electron chi connectivity index (χ2n) is 5.00. The molecule has 0 bridgehead atoms. The first-order valence-corrected chi connectivity index (χ1v) is 6.60. The molecule has 1 atom stereocenters. The SMILES string of the molecule is CC(C(N)=O)N1CCN(c2ccc(C(F)(F)F)cn2)CC1. The minimum atomic E-state index is -4.37. The number of nitrogens with zero attached hydrogens (tertiary/aromatic N) is 3. The summed E-state index contributed by atoms with van der Waals surface area (Å²) in [7, 11) is 0. The van der Waals surface area contributed by atoms with Crippen LogP contribution in [0.25, 0.3) is 0 Å². The zero-order valence-electron chi connectivity index (χ0n) is 11.6. The molecule has 2 N–H and O–H groups in total. The summed E-state index contributed by atoms with van der Waals surface area (Å²) in [6.07, 6.45) is -3.53. The molecule has 1 unspecified atom stereocenters. The van der Waals surface area contributed by atoms with Crippen molar-refractivity contribution in [2.24, 2.45) is 5.73 Å². The lowest BCUT2D eigenvalue weighted by Gasteiger charge is -2.37. The van der Waals surface area contributed by atoms with E-state index in [0.29, 0.717) is 32.0 Å². The van der Waals surface area contributed by atoms with Crippen molar-refractivity contribution in [1.82, 2.24) is 9.88 Å². The molecule has 0 aliphatic carbocycles. The molecule has 0 saturated carbocycles. The van der Waals surface area contributed by atoms with E-state index in [0.717, 1.165) is 12.3 Å². The van der Waals surface area contributed by atoms with Gasteiger partial charge in [-0.05, 0) is 19.1 Å². The normalized spacial score (nSPS) is 18.6. The molecule has 21 heavy (non-hydrogen) atoms. The van der Waals surface area contributed by atoms with Gasteiger partial charge in [0.05, 0.1) is 11.6 Å². The number of anilines is 1. The first-order valence-electron chi connectivity index (χ1n) is 6.60. The molecular formula is C13H17F3N4O. The summed E-state index contributed by atoms with van der Waals surface area (Å²) in [6, 6.07) is 2.06. The summed E-state index contributed by atoms with van der Waals surface area (Å²) in [4.78, 5) is 18.8. The summed E-state index contributed by atoms with van der Waals surface area (Å²) in [5.41, 5.74) is 4.50. The fraction of sp³-hybridized carbons (Fsp3) is 0.538. The number of carbonyl (C=O) groups is 1. The van der Waals surface area contributed by atoms with Crippen molar-refractivity contribution in [3.05, 3.63) is 23.9 Å². The van der Waals surface area contributed by atoms with Crippen LogP contribution in [0, 0.1) is 0 Å². The Morgan fingerprint density at radius 1 is 1.29 bits per heavy atom. The zero-order valence-corrected chi connectivity index (χ0v) is 11.6. The van der Waals surface area contributed by atoms with Gasteiger partial charge < -0.3 is 10.6 Å². The van der Waals surface area contributed by atoms with Gasteiger partial charge in [-0.3, -0.25) is 9.69 Å². The number of rotatable bonds is 3. The lowest BCUT2D eigenvalue weighted by Crippen LogP contribution is -2.53. The average molecular weight is 302 g/mol. The number of hydrogen-bond acceptors (Lipinski definition) is 4. The summed E-state index contributed by atoms with van der Waals surface area (Å²) in [5, 5.41) is 0. The molecule has 2 rings (SSSR count). The molecule has 1 aromatic rings. The highest BCUT2D eigenvalue weighted by Crippen LogP contribution is 2.29. The van der Waals surface area contributed by atoms with E-state index in [1.165, 1.54) is 6.07 Å². The van der Waals surface area contributed by atoms with Crippen molar-refractivity contribution in [1.29, 1.82) is 0 Å². The van der Waals surface area contributed by atoms with E-state index in [4.69, 9.17) is 5.73 Å². The topological polar surface area (TPSA) is 62.5 Å². The molecule has 5 nitrogen and oxygen atoms in total. The number of halogens is 3. The van der Waals surface area contributed by atoms with E-state index < -0.39 is 11.7 Å². The molecular weight excluding hydrogens is 285 g/mol. The number of aromatic nitrogens is 1. The Morgan fingerprint density at radius 2 is 1.90 bits per heavy atom. The van der Waals surface area contributed by atoms with Crippen LogP contribution in [0.2, 0.25) is 0 Å². The van der Waals surface area contributed by atoms with Crippen LogP contribution in [0.4, 0.5) is 19.0 Å². The van der Waals surface area contributed by atoms with E-state index in [-0.39, 0.29) is 11.9 Å². The van der Waals surface area contributed by atoms with Gasteiger partial charge in [-0.25, -0.2) is 4.98 Å². The number of pyridine rings is 1. The van der Waals surface area contributed by atoms with E-state index in [1.54, 1.807) is 6.92 Å². The average Bonchev–Trinajstić information content (AvgIpc) is 2.46. The van der Waals surface area contributed by atoms with Crippen molar-refractivity contribution in [3.63, 3.8) is 0 Å². The summed E-state index contributed by atoms with van der Waals surface area (Å²) < 4.78 is 37.4. The molecule has 2 heterocycles.